The molecule has 0 heterocycles. The first-order valence-electron chi connectivity index (χ1n) is 2.83. The summed E-state index contributed by atoms with van der Waals surface area (Å²) in [6.45, 7) is 0. The highest BCUT2D eigenvalue weighted by Gasteiger charge is 1.87. The van der Waals surface area contributed by atoms with Gasteiger partial charge in [-0.15, -0.1) is 0 Å². The molecule has 1 aromatic carbocycles. The van der Waals surface area contributed by atoms with Crippen LogP contribution in [0.3, 0.4) is 0 Å². The van der Waals surface area contributed by atoms with E-state index in [4.69, 9.17) is 5.73 Å². The summed E-state index contributed by atoms with van der Waals surface area (Å²) in [5.41, 5.74) is 5.67. The van der Waals surface area contributed by atoms with Crippen molar-refractivity contribution in [1.29, 1.82) is 0 Å². The first-order valence-corrected chi connectivity index (χ1v) is 2.83. The molecular weight excluding hydrogens is 131 g/mol. The summed E-state index contributed by atoms with van der Waals surface area (Å²) in [6.07, 6.45) is 1.17. The fourth-order valence-electron chi connectivity index (χ4n) is 0.613. The Bertz CT molecular complexity index is 228. The Labute approximate surface area is 58.2 Å². The molecule has 1 aromatic rings. The number of halogens is 1. The van der Waals surface area contributed by atoms with Gasteiger partial charge in [0.05, 0.1) is 12.0 Å². The number of rotatable bonds is 1. The molecule has 2 N–H and O–H groups in total. The van der Waals surface area contributed by atoms with Gasteiger partial charge in [0.2, 0.25) is 0 Å². The molecule has 1 rings (SSSR count). The summed E-state index contributed by atoms with van der Waals surface area (Å²) in [5, 5.41) is 0. The van der Waals surface area contributed by atoms with E-state index < -0.39 is 0 Å². The van der Waals surface area contributed by atoms with E-state index in [-0.39, 0.29) is 5.82 Å². The molecule has 0 spiro atoms. The normalized spacial score (nSPS) is 10.5. The lowest BCUT2D eigenvalue weighted by Crippen LogP contribution is -1.86. The highest BCUT2D eigenvalue weighted by Crippen LogP contribution is 2.10. The second-order valence-electron chi connectivity index (χ2n) is 1.75. The van der Waals surface area contributed by atoms with Crippen LogP contribution in [-0.2, 0) is 0 Å². The quantitative estimate of drug-likeness (QED) is 0.463. The maximum absolute atomic E-state index is 12.2. The Balaban J connectivity index is 2.89. The zero-order valence-corrected chi connectivity index (χ0v) is 5.29. The molecule has 52 valence electrons. The van der Waals surface area contributed by atoms with Crippen molar-refractivity contribution in [2.75, 3.05) is 0 Å². The third-order valence-electron chi connectivity index (χ3n) is 1.05. The van der Waals surface area contributed by atoms with Crippen LogP contribution in [0.5, 0.6) is 0 Å². The summed E-state index contributed by atoms with van der Waals surface area (Å²) in [6, 6.07) is 5.78. The third-order valence-corrected chi connectivity index (χ3v) is 1.05. The minimum Gasteiger partial charge on any atom is -0.390 e. The van der Waals surface area contributed by atoms with E-state index in [2.05, 4.69) is 4.99 Å². The van der Waals surface area contributed by atoms with Gasteiger partial charge < -0.3 is 5.73 Å². The van der Waals surface area contributed by atoms with Crippen LogP contribution in [0.1, 0.15) is 0 Å². The molecule has 0 unspecified atom stereocenters. The van der Waals surface area contributed by atoms with Gasteiger partial charge in [0.25, 0.3) is 0 Å². The summed E-state index contributed by atoms with van der Waals surface area (Å²) in [4.78, 5) is 3.73. The van der Waals surface area contributed by atoms with Gasteiger partial charge in [0.15, 0.2) is 0 Å². The van der Waals surface area contributed by atoms with Crippen LogP contribution in [0.4, 0.5) is 10.1 Å². The van der Waals surface area contributed by atoms with Gasteiger partial charge in [-0.1, -0.05) is 0 Å². The molecule has 0 aliphatic rings. The molecule has 0 bridgehead atoms. The van der Waals surface area contributed by atoms with E-state index in [1.54, 1.807) is 12.1 Å². The molecule has 0 atom stereocenters. The van der Waals surface area contributed by atoms with E-state index in [1.807, 2.05) is 0 Å². The molecule has 0 amide bonds. The minimum absolute atomic E-state index is 0.268. The van der Waals surface area contributed by atoms with Crippen molar-refractivity contribution in [3.05, 3.63) is 30.1 Å². The smallest absolute Gasteiger partial charge is 0.123 e. The number of benzene rings is 1. The summed E-state index contributed by atoms with van der Waals surface area (Å²) in [7, 11) is 0. The predicted molar refractivity (Wildman–Crippen MR) is 38.7 cm³/mol. The van der Waals surface area contributed by atoms with E-state index in [9.17, 15) is 4.39 Å². The van der Waals surface area contributed by atoms with Crippen molar-refractivity contribution >= 4 is 12.0 Å². The van der Waals surface area contributed by atoms with Gasteiger partial charge in [0.1, 0.15) is 5.82 Å². The Morgan fingerprint density at radius 3 is 2.40 bits per heavy atom. The van der Waals surface area contributed by atoms with Crippen LogP contribution in [-0.4, -0.2) is 6.34 Å². The lowest BCUT2D eigenvalue weighted by molar-refractivity contribution is 0.628. The third kappa shape index (κ3) is 1.55. The van der Waals surface area contributed by atoms with Crippen molar-refractivity contribution in [2.24, 2.45) is 10.7 Å². The molecule has 3 heteroatoms. The number of aliphatic imine (C=N–C) groups is 1. The molecule has 0 saturated heterocycles. The van der Waals surface area contributed by atoms with Crippen molar-refractivity contribution in [3.8, 4) is 0 Å². The maximum Gasteiger partial charge on any atom is 0.123 e. The van der Waals surface area contributed by atoms with Crippen LogP contribution < -0.4 is 5.73 Å². The maximum atomic E-state index is 12.2. The van der Waals surface area contributed by atoms with E-state index >= 15 is 0 Å². The van der Waals surface area contributed by atoms with Gasteiger partial charge in [-0.3, -0.25) is 0 Å². The van der Waals surface area contributed by atoms with Crippen LogP contribution in [0, 0.1) is 5.82 Å². The first-order chi connectivity index (χ1) is 4.83. The average molecular weight is 138 g/mol. The number of hydrogen-bond donors (Lipinski definition) is 1. The van der Waals surface area contributed by atoms with Gasteiger partial charge in [-0.2, -0.15) is 0 Å². The van der Waals surface area contributed by atoms with Gasteiger partial charge in [-0.25, -0.2) is 9.38 Å². The number of nitrogens with two attached hydrogens (primary N) is 1. The van der Waals surface area contributed by atoms with Gasteiger partial charge >= 0.3 is 0 Å². The average Bonchev–Trinajstić information content (AvgIpc) is 1.95. The monoisotopic (exact) mass is 138 g/mol. The molecule has 0 fully saturated rings. The summed E-state index contributed by atoms with van der Waals surface area (Å²) >= 11 is 0. The molecule has 0 saturated carbocycles. The van der Waals surface area contributed by atoms with Gasteiger partial charge in [0, 0.05) is 0 Å². The van der Waals surface area contributed by atoms with Crippen molar-refractivity contribution < 1.29 is 4.39 Å². The lowest BCUT2D eigenvalue weighted by Gasteiger charge is -1.89. The van der Waals surface area contributed by atoms with Gasteiger partial charge in [-0.05, 0) is 24.3 Å². The van der Waals surface area contributed by atoms with E-state index in [1.165, 1.54) is 18.5 Å². The largest absolute Gasteiger partial charge is 0.390 e. The molecule has 2 nitrogen and oxygen atoms in total. The lowest BCUT2D eigenvalue weighted by atomic mass is 10.3. The second kappa shape index (κ2) is 2.96. The fourth-order valence-corrected chi connectivity index (χ4v) is 0.613. The Morgan fingerprint density at radius 2 is 1.90 bits per heavy atom. The Morgan fingerprint density at radius 1 is 1.30 bits per heavy atom. The van der Waals surface area contributed by atoms with E-state index in [0.29, 0.717) is 5.69 Å². The molecule has 0 radical (unpaired) electrons. The highest BCUT2D eigenvalue weighted by atomic mass is 19.1. The van der Waals surface area contributed by atoms with Crippen LogP contribution >= 0.6 is 0 Å². The molecule has 0 aliphatic carbocycles. The van der Waals surface area contributed by atoms with Crippen molar-refractivity contribution in [3.63, 3.8) is 0 Å². The molecule has 10 heavy (non-hydrogen) atoms. The number of nitrogens with zero attached hydrogens (tertiary/aromatic N) is 1. The van der Waals surface area contributed by atoms with Crippen LogP contribution in [0.2, 0.25) is 0 Å². The molecular formula is C7H7FN2. The zero-order chi connectivity index (χ0) is 7.40. The SMILES string of the molecule is NC=Nc1ccc(F)cc1. The minimum atomic E-state index is -0.268. The summed E-state index contributed by atoms with van der Waals surface area (Å²) in [5.74, 6) is -0.268. The molecule has 0 aromatic heterocycles. The Kier molecular flexibility index (Phi) is 1.99. The van der Waals surface area contributed by atoms with Crippen LogP contribution in [0.25, 0.3) is 0 Å². The Hall–Kier alpha value is -1.38. The van der Waals surface area contributed by atoms with Crippen molar-refractivity contribution in [2.45, 2.75) is 0 Å². The first kappa shape index (κ1) is 6.74. The van der Waals surface area contributed by atoms with Crippen molar-refractivity contribution in [1.82, 2.24) is 0 Å². The fraction of sp³-hybridized carbons (Fsp3) is 0. The summed E-state index contributed by atoms with van der Waals surface area (Å²) < 4.78 is 12.2. The highest BCUT2D eigenvalue weighted by molar-refractivity contribution is 5.58. The topological polar surface area (TPSA) is 38.4 Å². The second-order valence-corrected chi connectivity index (χ2v) is 1.75. The van der Waals surface area contributed by atoms with Crippen LogP contribution in [0.15, 0.2) is 29.3 Å². The van der Waals surface area contributed by atoms with E-state index in [0.717, 1.165) is 0 Å². The zero-order valence-electron chi connectivity index (χ0n) is 5.29. The standard InChI is InChI=1S/C7H7FN2/c8-6-1-3-7(4-2-6)10-5-9/h1-5H,(H2,9,10). The predicted octanol–water partition coefficient (Wildman–Crippen LogP) is 1.44. The number of hydrogen-bond acceptors (Lipinski definition) is 1. The molecule has 0 aliphatic heterocycles.